The average Bonchev–Trinajstić information content (AvgIpc) is 3.61. The zero-order valence-corrected chi connectivity index (χ0v) is 23.3. The average molecular weight is 544 g/mol. The fourth-order valence-corrected chi connectivity index (χ4v) is 5.31. The van der Waals surface area contributed by atoms with Crippen LogP contribution in [0.4, 0.5) is 4.79 Å². The largest absolute Gasteiger partial charge is 0.497 e. The lowest BCUT2D eigenvalue weighted by Crippen LogP contribution is -2.50. The normalized spacial score (nSPS) is 17.9. The van der Waals surface area contributed by atoms with Crippen LogP contribution in [0.3, 0.4) is 0 Å². The lowest BCUT2D eigenvalue weighted by molar-refractivity contribution is -0.133. The van der Waals surface area contributed by atoms with E-state index in [1.807, 2.05) is 49.6 Å². The minimum atomic E-state index is -0.390. The van der Waals surface area contributed by atoms with Crippen LogP contribution < -0.4 is 14.8 Å². The Morgan fingerprint density at radius 1 is 1.21 bits per heavy atom. The first-order valence-electron chi connectivity index (χ1n) is 12.9. The summed E-state index contributed by atoms with van der Waals surface area (Å²) in [5.41, 5.74) is 1.64. The van der Waals surface area contributed by atoms with Gasteiger partial charge in [0.2, 0.25) is 0 Å². The number of carbonyl (C=O) groups excluding carboxylic acids is 2. The zero-order valence-electron chi connectivity index (χ0n) is 22.5. The van der Waals surface area contributed by atoms with Gasteiger partial charge in [0.15, 0.2) is 0 Å². The van der Waals surface area contributed by atoms with E-state index in [2.05, 4.69) is 10.2 Å². The van der Waals surface area contributed by atoms with Gasteiger partial charge in [-0.3, -0.25) is 9.69 Å². The van der Waals surface area contributed by atoms with E-state index in [9.17, 15) is 9.59 Å². The highest BCUT2D eigenvalue weighted by atomic mass is 32.1. The molecule has 38 heavy (non-hydrogen) atoms. The van der Waals surface area contributed by atoms with E-state index in [1.165, 1.54) is 5.01 Å². The van der Waals surface area contributed by atoms with Crippen molar-refractivity contribution in [1.29, 1.82) is 0 Å². The summed E-state index contributed by atoms with van der Waals surface area (Å²) in [5.74, 6) is 1.06. The minimum absolute atomic E-state index is 0.0486. The maximum atomic E-state index is 13.8. The van der Waals surface area contributed by atoms with E-state index in [-0.39, 0.29) is 30.6 Å². The molecule has 0 spiro atoms. The van der Waals surface area contributed by atoms with Crippen LogP contribution in [-0.4, -0.2) is 98.7 Å². The van der Waals surface area contributed by atoms with E-state index >= 15 is 0 Å². The molecule has 1 aromatic heterocycles. The predicted molar refractivity (Wildman–Crippen MR) is 147 cm³/mol. The van der Waals surface area contributed by atoms with Crippen LogP contribution in [0.25, 0.3) is 0 Å². The Balaban J connectivity index is 1.59. The summed E-state index contributed by atoms with van der Waals surface area (Å²) in [7, 11) is 3.22. The van der Waals surface area contributed by atoms with Gasteiger partial charge in [-0.1, -0.05) is 6.07 Å². The van der Waals surface area contributed by atoms with Gasteiger partial charge >= 0.3 is 6.03 Å². The summed E-state index contributed by atoms with van der Waals surface area (Å²) in [5, 5.41) is 11.2. The summed E-state index contributed by atoms with van der Waals surface area (Å²) in [6.45, 7) is 7.78. The molecule has 1 N–H and O–H groups in total. The zero-order chi connectivity index (χ0) is 27.1. The molecule has 2 aliphatic rings. The predicted octanol–water partition coefficient (Wildman–Crippen LogP) is 3.20. The summed E-state index contributed by atoms with van der Waals surface area (Å²) in [6, 6.07) is 8.82. The van der Waals surface area contributed by atoms with Gasteiger partial charge in [0.05, 0.1) is 44.1 Å². The molecule has 0 saturated carbocycles. The van der Waals surface area contributed by atoms with Crippen molar-refractivity contribution in [2.75, 3.05) is 60.2 Å². The summed E-state index contributed by atoms with van der Waals surface area (Å²) in [6.07, 6.45) is 0.530. The van der Waals surface area contributed by atoms with E-state index in [4.69, 9.17) is 19.3 Å². The number of thiophene rings is 1. The highest BCUT2D eigenvalue weighted by Gasteiger charge is 2.36. The van der Waals surface area contributed by atoms with Crippen molar-refractivity contribution >= 4 is 29.0 Å². The van der Waals surface area contributed by atoms with Crippen LogP contribution in [0.15, 0.2) is 40.8 Å². The topological polar surface area (TPSA) is 95.9 Å². The van der Waals surface area contributed by atoms with Gasteiger partial charge in [-0.25, -0.2) is 9.80 Å². The van der Waals surface area contributed by atoms with Crippen LogP contribution in [0.1, 0.15) is 36.8 Å². The van der Waals surface area contributed by atoms with E-state index in [1.54, 1.807) is 30.5 Å². The quantitative estimate of drug-likeness (QED) is 0.495. The Morgan fingerprint density at radius 3 is 2.66 bits per heavy atom. The van der Waals surface area contributed by atoms with Crippen LogP contribution in [0.2, 0.25) is 0 Å². The first kappa shape index (κ1) is 27.9. The Kier molecular flexibility index (Phi) is 9.59. The molecule has 3 amide bonds. The number of nitrogens with one attached hydrogen (secondary N) is 1. The molecule has 0 bridgehead atoms. The SMILES string of the molecule is COc1ccc(OC)c([C@H]2CC(c3cccs3)=NN2C(=O)CN(CCN2CCOCC2)C(=O)NC(C)C)c1. The fraction of sp³-hybridized carbons (Fsp3) is 0.519. The number of hydrogen-bond acceptors (Lipinski definition) is 8. The Bertz CT molecular complexity index is 1120. The van der Waals surface area contributed by atoms with Gasteiger partial charge in [-0.2, -0.15) is 5.10 Å². The van der Waals surface area contributed by atoms with Gasteiger partial charge in [-0.05, 0) is 43.5 Å². The van der Waals surface area contributed by atoms with Crippen molar-refractivity contribution in [2.45, 2.75) is 32.4 Å². The molecule has 1 atom stereocenters. The number of morpholine rings is 1. The molecule has 4 rings (SSSR count). The standard InChI is InChI=1S/C27H37N5O5S/c1-19(2)28-27(34)31(10-9-30-11-13-37-14-12-30)18-26(33)32-23(17-22(29-32)25-6-5-15-38-25)21-16-20(35-3)7-8-24(21)36-4/h5-8,15-16,19,23H,9-14,17-18H2,1-4H3,(H,28,34)/t23-/m1/s1. The molecular formula is C27H37N5O5S. The molecule has 3 heterocycles. The van der Waals surface area contributed by atoms with Crippen LogP contribution >= 0.6 is 11.3 Å². The fourth-order valence-electron chi connectivity index (χ4n) is 4.59. The van der Waals surface area contributed by atoms with Crippen LogP contribution in [0, 0.1) is 0 Å². The van der Waals surface area contributed by atoms with E-state index in [0.29, 0.717) is 44.2 Å². The highest BCUT2D eigenvalue weighted by Crippen LogP contribution is 2.39. The number of ether oxygens (including phenoxy) is 3. The summed E-state index contributed by atoms with van der Waals surface area (Å²) in [4.78, 5) is 31.8. The van der Waals surface area contributed by atoms with Crippen LogP contribution in [0.5, 0.6) is 11.5 Å². The Morgan fingerprint density at radius 2 is 2.00 bits per heavy atom. The smallest absolute Gasteiger partial charge is 0.318 e. The number of hydrazone groups is 1. The molecule has 0 radical (unpaired) electrons. The summed E-state index contributed by atoms with van der Waals surface area (Å²) < 4.78 is 16.6. The molecule has 1 aromatic carbocycles. The third-order valence-corrected chi connectivity index (χ3v) is 7.50. The maximum Gasteiger partial charge on any atom is 0.318 e. The molecule has 2 aromatic rings. The third-order valence-electron chi connectivity index (χ3n) is 6.58. The highest BCUT2D eigenvalue weighted by molar-refractivity contribution is 7.12. The van der Waals surface area contributed by atoms with Crippen LogP contribution in [-0.2, 0) is 9.53 Å². The molecular weight excluding hydrogens is 506 g/mol. The lowest BCUT2D eigenvalue weighted by atomic mass is 9.99. The molecule has 0 aliphatic carbocycles. The number of hydrogen-bond donors (Lipinski definition) is 1. The van der Waals surface area contributed by atoms with Gasteiger partial charge in [-0.15, -0.1) is 11.3 Å². The maximum absolute atomic E-state index is 13.8. The molecule has 1 fully saturated rings. The third kappa shape index (κ3) is 6.83. The molecule has 2 aliphatic heterocycles. The number of rotatable bonds is 10. The second-order valence-corrected chi connectivity index (χ2v) is 10.5. The van der Waals surface area contributed by atoms with Crippen molar-refractivity contribution in [2.24, 2.45) is 5.10 Å². The Labute approximate surface area is 228 Å². The molecule has 10 nitrogen and oxygen atoms in total. The molecule has 206 valence electrons. The van der Waals surface area contributed by atoms with Crippen molar-refractivity contribution < 1.29 is 23.8 Å². The van der Waals surface area contributed by atoms with Crippen molar-refractivity contribution in [3.05, 3.63) is 46.2 Å². The lowest BCUT2D eigenvalue weighted by Gasteiger charge is -2.31. The van der Waals surface area contributed by atoms with Crippen molar-refractivity contribution in [3.63, 3.8) is 0 Å². The van der Waals surface area contributed by atoms with Crippen molar-refractivity contribution in [3.8, 4) is 11.5 Å². The number of methoxy groups -OCH3 is 2. The van der Waals surface area contributed by atoms with E-state index < -0.39 is 0 Å². The summed E-state index contributed by atoms with van der Waals surface area (Å²) >= 11 is 1.58. The number of nitrogens with zero attached hydrogens (tertiary/aromatic N) is 4. The van der Waals surface area contributed by atoms with Gasteiger partial charge in [0.1, 0.15) is 18.0 Å². The van der Waals surface area contributed by atoms with Crippen molar-refractivity contribution in [1.82, 2.24) is 20.1 Å². The molecule has 11 heteroatoms. The second kappa shape index (κ2) is 13.1. The van der Waals surface area contributed by atoms with Gasteiger partial charge in [0, 0.05) is 44.2 Å². The number of amides is 3. The number of urea groups is 1. The number of benzene rings is 1. The Hall–Kier alpha value is -3.15. The van der Waals surface area contributed by atoms with E-state index in [0.717, 1.165) is 29.2 Å². The first-order chi connectivity index (χ1) is 18.4. The molecule has 0 unspecified atom stereocenters. The molecule has 1 saturated heterocycles. The number of carbonyl (C=O) groups is 2. The van der Waals surface area contributed by atoms with Gasteiger partial charge in [0.25, 0.3) is 5.91 Å². The first-order valence-corrected chi connectivity index (χ1v) is 13.8. The minimum Gasteiger partial charge on any atom is -0.497 e. The monoisotopic (exact) mass is 543 g/mol. The second-order valence-electron chi connectivity index (χ2n) is 9.57. The van der Waals surface area contributed by atoms with Gasteiger partial charge < -0.3 is 24.4 Å².